The van der Waals surface area contributed by atoms with Crippen LogP contribution < -0.4 is 10.4 Å². The van der Waals surface area contributed by atoms with Crippen molar-refractivity contribution in [3.63, 3.8) is 0 Å². The molecule has 0 bridgehead atoms. The van der Waals surface area contributed by atoms with Crippen molar-refractivity contribution in [2.24, 2.45) is 0 Å². The van der Waals surface area contributed by atoms with Crippen LogP contribution in [0.2, 0.25) is 5.04 Å². The summed E-state index contributed by atoms with van der Waals surface area (Å²) in [5, 5.41) is 1.76. The van der Waals surface area contributed by atoms with Gasteiger partial charge in [0.05, 0.1) is 0 Å². The summed E-state index contributed by atoms with van der Waals surface area (Å²) in [6.07, 6.45) is -3.99. The molecule has 36 heavy (non-hydrogen) atoms. The molecular formula is C27H35IO7Si. The van der Waals surface area contributed by atoms with E-state index in [0.29, 0.717) is 4.43 Å². The summed E-state index contributed by atoms with van der Waals surface area (Å²) in [5.41, 5.74) is 0. The normalized spacial score (nSPS) is 24.7. The molecule has 2 aromatic carbocycles. The second-order valence-electron chi connectivity index (χ2n) is 9.83. The summed E-state index contributed by atoms with van der Waals surface area (Å²) >= 11 is 2.19. The van der Waals surface area contributed by atoms with Gasteiger partial charge in [0.2, 0.25) is 0 Å². The van der Waals surface area contributed by atoms with E-state index in [1.54, 1.807) is 0 Å². The molecule has 0 aliphatic carbocycles. The summed E-state index contributed by atoms with van der Waals surface area (Å²) in [6.45, 7) is 9.16. The Labute approximate surface area is 228 Å². The smallest absolute Gasteiger partial charge is 0.303 e. The van der Waals surface area contributed by atoms with E-state index < -0.39 is 51.0 Å². The number of hydrogen-bond acceptors (Lipinski definition) is 7. The molecule has 3 rings (SSSR count). The molecule has 1 aliphatic rings. The average molecular weight is 627 g/mol. The maximum atomic E-state index is 12.2. The monoisotopic (exact) mass is 626 g/mol. The molecule has 9 heteroatoms. The van der Waals surface area contributed by atoms with Crippen molar-refractivity contribution >= 4 is 53.2 Å². The van der Waals surface area contributed by atoms with Crippen molar-refractivity contribution < 1.29 is 33.0 Å². The fraction of sp³-hybridized carbons (Fsp3) is 0.481. The minimum Gasteiger partial charge on any atom is -0.457 e. The summed E-state index contributed by atoms with van der Waals surface area (Å²) in [6, 6.07) is 20.3. The van der Waals surface area contributed by atoms with Crippen LogP contribution in [-0.4, -0.2) is 62.5 Å². The minimum atomic E-state index is -3.10. The first-order valence-electron chi connectivity index (χ1n) is 11.9. The predicted molar refractivity (Wildman–Crippen MR) is 148 cm³/mol. The van der Waals surface area contributed by atoms with Crippen molar-refractivity contribution in [2.45, 2.75) is 70.4 Å². The third kappa shape index (κ3) is 6.02. The second-order valence-corrected chi connectivity index (χ2v) is 15.0. The molecule has 0 aromatic heterocycles. The van der Waals surface area contributed by atoms with Crippen molar-refractivity contribution in [3.05, 3.63) is 60.7 Å². The summed E-state index contributed by atoms with van der Waals surface area (Å²) in [4.78, 5) is 24.5. The van der Waals surface area contributed by atoms with Gasteiger partial charge in [0.25, 0.3) is 8.32 Å². The van der Waals surface area contributed by atoms with Crippen LogP contribution >= 0.6 is 22.6 Å². The minimum absolute atomic E-state index is 0.349. The fourth-order valence-corrected chi connectivity index (χ4v) is 10.3. The Morgan fingerprint density at radius 3 is 1.72 bits per heavy atom. The lowest BCUT2D eigenvalue weighted by atomic mass is 9.99. The highest BCUT2D eigenvalue weighted by molar-refractivity contribution is 14.1. The Kier molecular flexibility index (Phi) is 9.72. The summed E-state index contributed by atoms with van der Waals surface area (Å²) in [7, 11) is -1.61. The quantitative estimate of drug-likeness (QED) is 0.192. The van der Waals surface area contributed by atoms with Gasteiger partial charge in [-0.1, -0.05) is 104 Å². The Balaban J connectivity index is 2.28. The average Bonchev–Trinajstić information content (AvgIpc) is 2.83. The Morgan fingerprint density at radius 1 is 0.861 bits per heavy atom. The molecule has 1 aliphatic heterocycles. The zero-order chi connectivity index (χ0) is 26.5. The van der Waals surface area contributed by atoms with E-state index in [-0.39, 0.29) is 5.04 Å². The molecule has 1 heterocycles. The molecule has 5 atom stereocenters. The molecule has 0 amide bonds. The molecule has 0 radical (unpaired) electrons. The van der Waals surface area contributed by atoms with Crippen LogP contribution in [0.3, 0.4) is 0 Å². The lowest BCUT2D eigenvalue weighted by Crippen LogP contribution is -2.72. The van der Waals surface area contributed by atoms with Crippen molar-refractivity contribution in [3.8, 4) is 0 Å². The molecule has 196 valence electrons. The topological polar surface area (TPSA) is 80.3 Å². The zero-order valence-corrected chi connectivity index (χ0v) is 24.8. The lowest BCUT2D eigenvalue weighted by molar-refractivity contribution is -0.287. The van der Waals surface area contributed by atoms with Gasteiger partial charge < -0.3 is 23.4 Å². The predicted octanol–water partition coefficient (Wildman–Crippen LogP) is 3.60. The Morgan fingerprint density at radius 2 is 1.33 bits per heavy atom. The van der Waals surface area contributed by atoms with E-state index >= 15 is 0 Å². The first kappa shape index (κ1) is 28.8. The van der Waals surface area contributed by atoms with Crippen LogP contribution in [-0.2, 0) is 33.0 Å². The highest BCUT2D eigenvalue weighted by Crippen LogP contribution is 2.41. The van der Waals surface area contributed by atoms with Crippen molar-refractivity contribution in [1.29, 1.82) is 0 Å². The van der Waals surface area contributed by atoms with Gasteiger partial charge in [0, 0.05) is 25.4 Å². The number of halogens is 1. The standard InChI is InChI=1S/C27H35IO7Si/c1-18(29)32-23-22(17-28)34-26(31-6)25(33-19(2)30)24(23)35-36(27(3,4)5,20-13-9-7-10-14-20)21-15-11-8-12-16-21/h7-16,22-26H,17H2,1-6H3/t22-,23-,24+,25-,26+/m1/s1. The highest BCUT2D eigenvalue weighted by Gasteiger charge is 2.58. The lowest BCUT2D eigenvalue weighted by Gasteiger charge is -2.51. The molecule has 0 saturated carbocycles. The van der Waals surface area contributed by atoms with Gasteiger partial charge in [-0.2, -0.15) is 0 Å². The summed E-state index contributed by atoms with van der Waals surface area (Å²) in [5.74, 6) is -0.969. The van der Waals surface area contributed by atoms with Crippen LogP contribution in [0.15, 0.2) is 60.7 Å². The molecule has 2 aromatic rings. The number of rotatable bonds is 8. The largest absolute Gasteiger partial charge is 0.457 e. The van der Waals surface area contributed by atoms with Crippen LogP contribution in [0.4, 0.5) is 0 Å². The zero-order valence-electron chi connectivity index (χ0n) is 21.6. The number of benzene rings is 2. The van der Waals surface area contributed by atoms with E-state index in [4.69, 9.17) is 23.4 Å². The number of hydrogen-bond donors (Lipinski definition) is 0. The molecular weight excluding hydrogens is 591 g/mol. The third-order valence-electron chi connectivity index (χ3n) is 6.31. The number of ether oxygens (including phenoxy) is 4. The van der Waals surface area contributed by atoms with E-state index in [1.165, 1.54) is 21.0 Å². The number of carbonyl (C=O) groups excluding carboxylic acids is 2. The van der Waals surface area contributed by atoms with E-state index in [9.17, 15) is 9.59 Å². The SMILES string of the molecule is CO[C@H]1O[C@H](CI)[C@@H](OC(C)=O)[C@H](O[Si](c2ccccc2)(c2ccccc2)C(C)(C)C)[C@H]1OC(C)=O. The maximum Gasteiger partial charge on any atom is 0.303 e. The van der Waals surface area contributed by atoms with Crippen LogP contribution in [0.25, 0.3) is 0 Å². The van der Waals surface area contributed by atoms with Crippen LogP contribution in [0.1, 0.15) is 34.6 Å². The Hall–Kier alpha value is -1.79. The van der Waals surface area contributed by atoms with E-state index in [2.05, 4.69) is 67.6 Å². The van der Waals surface area contributed by atoms with Gasteiger partial charge >= 0.3 is 11.9 Å². The van der Waals surface area contributed by atoms with E-state index in [1.807, 2.05) is 36.4 Å². The summed E-state index contributed by atoms with van der Waals surface area (Å²) < 4.78 is 31.2. The second kappa shape index (κ2) is 12.2. The van der Waals surface area contributed by atoms with Crippen LogP contribution in [0.5, 0.6) is 0 Å². The number of alkyl halides is 1. The number of carbonyl (C=O) groups is 2. The van der Waals surface area contributed by atoms with Gasteiger partial charge in [0.15, 0.2) is 18.5 Å². The Bertz CT molecular complexity index is 942. The molecule has 0 N–H and O–H groups in total. The molecule has 7 nitrogen and oxygen atoms in total. The van der Waals surface area contributed by atoms with Gasteiger partial charge in [-0.05, 0) is 15.4 Å². The first-order chi connectivity index (χ1) is 17.0. The van der Waals surface area contributed by atoms with Gasteiger partial charge in [-0.15, -0.1) is 0 Å². The van der Waals surface area contributed by atoms with Crippen LogP contribution in [0, 0.1) is 0 Å². The molecule has 0 spiro atoms. The number of esters is 2. The van der Waals surface area contributed by atoms with Crippen molar-refractivity contribution in [1.82, 2.24) is 0 Å². The van der Waals surface area contributed by atoms with Gasteiger partial charge in [0.1, 0.15) is 12.2 Å². The fourth-order valence-electron chi connectivity index (χ4n) is 4.87. The highest BCUT2D eigenvalue weighted by atomic mass is 127. The van der Waals surface area contributed by atoms with Crippen molar-refractivity contribution in [2.75, 3.05) is 11.5 Å². The molecule has 0 unspecified atom stereocenters. The third-order valence-corrected chi connectivity index (χ3v) is 12.2. The first-order valence-corrected chi connectivity index (χ1v) is 15.4. The van der Waals surface area contributed by atoms with Gasteiger partial charge in [-0.3, -0.25) is 9.59 Å². The molecule has 1 fully saturated rings. The maximum absolute atomic E-state index is 12.2. The number of methoxy groups -OCH3 is 1. The van der Waals surface area contributed by atoms with Gasteiger partial charge in [-0.25, -0.2) is 0 Å². The van der Waals surface area contributed by atoms with E-state index in [0.717, 1.165) is 10.4 Å². The molecule has 1 saturated heterocycles.